The van der Waals surface area contributed by atoms with E-state index in [1.54, 1.807) is 55.5 Å². The summed E-state index contributed by atoms with van der Waals surface area (Å²) in [4.78, 5) is 32.8. The highest BCUT2D eigenvalue weighted by atomic mass is 35.5. The van der Waals surface area contributed by atoms with Crippen molar-refractivity contribution in [3.63, 3.8) is 0 Å². The SMILES string of the molecule is CCOC(=O)c1ccccc1Nc1nccc(C(=O)Nc2ccc(Cl)cc2)n1. The summed E-state index contributed by atoms with van der Waals surface area (Å²) in [6.07, 6.45) is 1.46. The van der Waals surface area contributed by atoms with Gasteiger partial charge in [0.1, 0.15) is 5.69 Å². The Kier molecular flexibility index (Phi) is 6.18. The molecule has 1 aromatic heterocycles. The Balaban J connectivity index is 1.78. The van der Waals surface area contributed by atoms with Gasteiger partial charge < -0.3 is 15.4 Å². The minimum atomic E-state index is -0.456. The highest BCUT2D eigenvalue weighted by molar-refractivity contribution is 6.30. The molecule has 0 saturated heterocycles. The van der Waals surface area contributed by atoms with E-state index in [1.165, 1.54) is 12.3 Å². The van der Waals surface area contributed by atoms with Crippen molar-refractivity contribution in [2.75, 3.05) is 17.2 Å². The quantitative estimate of drug-likeness (QED) is 0.603. The Morgan fingerprint density at radius 1 is 1.07 bits per heavy atom. The number of carbonyl (C=O) groups excluding carboxylic acids is 2. The molecule has 0 aliphatic heterocycles. The van der Waals surface area contributed by atoms with Gasteiger partial charge in [-0.1, -0.05) is 23.7 Å². The van der Waals surface area contributed by atoms with Crippen LogP contribution in [0.15, 0.2) is 60.8 Å². The number of esters is 1. The lowest BCUT2D eigenvalue weighted by molar-refractivity contribution is 0.0527. The molecule has 28 heavy (non-hydrogen) atoms. The Labute approximate surface area is 166 Å². The van der Waals surface area contributed by atoms with E-state index in [1.807, 2.05) is 0 Å². The summed E-state index contributed by atoms with van der Waals surface area (Å²) in [6.45, 7) is 2.00. The summed E-state index contributed by atoms with van der Waals surface area (Å²) in [6, 6.07) is 15.1. The Hall–Kier alpha value is -3.45. The molecule has 3 aromatic rings. The van der Waals surface area contributed by atoms with Crippen LogP contribution in [0.3, 0.4) is 0 Å². The minimum Gasteiger partial charge on any atom is -0.462 e. The number of carbonyl (C=O) groups is 2. The zero-order valence-electron chi connectivity index (χ0n) is 15.0. The molecule has 3 rings (SSSR count). The largest absolute Gasteiger partial charge is 0.462 e. The molecule has 8 heteroatoms. The zero-order chi connectivity index (χ0) is 19.9. The molecule has 0 atom stereocenters. The lowest BCUT2D eigenvalue weighted by Gasteiger charge is -2.11. The van der Waals surface area contributed by atoms with Crippen LogP contribution in [0.2, 0.25) is 5.02 Å². The van der Waals surface area contributed by atoms with E-state index in [-0.39, 0.29) is 18.2 Å². The summed E-state index contributed by atoms with van der Waals surface area (Å²) in [5, 5.41) is 6.27. The highest BCUT2D eigenvalue weighted by Gasteiger charge is 2.14. The standard InChI is InChI=1S/C20H17ClN4O3/c1-2-28-19(27)15-5-3-4-6-16(15)24-20-22-12-11-17(25-20)18(26)23-14-9-7-13(21)8-10-14/h3-12H,2H2,1H3,(H,23,26)(H,22,24,25). The number of nitrogens with one attached hydrogen (secondary N) is 2. The van der Waals surface area contributed by atoms with E-state index >= 15 is 0 Å². The molecule has 0 radical (unpaired) electrons. The first kappa shape index (κ1) is 19.3. The lowest BCUT2D eigenvalue weighted by Crippen LogP contribution is -2.15. The Morgan fingerprint density at radius 2 is 1.82 bits per heavy atom. The molecule has 0 aliphatic rings. The van der Waals surface area contributed by atoms with Gasteiger partial charge in [0, 0.05) is 16.9 Å². The lowest BCUT2D eigenvalue weighted by atomic mass is 10.2. The van der Waals surface area contributed by atoms with E-state index in [0.717, 1.165) is 0 Å². The first-order valence-electron chi connectivity index (χ1n) is 8.50. The molecule has 1 heterocycles. The van der Waals surface area contributed by atoms with Crippen LogP contribution < -0.4 is 10.6 Å². The third-order valence-corrected chi connectivity index (χ3v) is 3.91. The fourth-order valence-electron chi connectivity index (χ4n) is 2.37. The molecule has 2 aromatic carbocycles. The molecule has 0 fully saturated rings. The van der Waals surface area contributed by atoms with Gasteiger partial charge in [-0.3, -0.25) is 4.79 Å². The van der Waals surface area contributed by atoms with E-state index in [0.29, 0.717) is 22.0 Å². The van der Waals surface area contributed by atoms with E-state index in [9.17, 15) is 9.59 Å². The van der Waals surface area contributed by atoms with Crippen LogP contribution in [-0.4, -0.2) is 28.5 Å². The maximum Gasteiger partial charge on any atom is 0.340 e. The molecule has 1 amide bonds. The summed E-state index contributed by atoms with van der Waals surface area (Å²) < 4.78 is 5.05. The summed E-state index contributed by atoms with van der Waals surface area (Å²) in [5.41, 5.74) is 1.59. The van der Waals surface area contributed by atoms with Crippen LogP contribution in [0.5, 0.6) is 0 Å². The number of hydrogen-bond donors (Lipinski definition) is 2. The maximum atomic E-state index is 12.4. The molecule has 0 bridgehead atoms. The first-order valence-corrected chi connectivity index (χ1v) is 8.87. The number of ether oxygens (including phenoxy) is 1. The zero-order valence-corrected chi connectivity index (χ0v) is 15.7. The minimum absolute atomic E-state index is 0.168. The van der Waals surface area contributed by atoms with Gasteiger partial charge in [0.25, 0.3) is 5.91 Å². The predicted molar refractivity (Wildman–Crippen MR) is 107 cm³/mol. The topological polar surface area (TPSA) is 93.2 Å². The molecule has 2 N–H and O–H groups in total. The van der Waals surface area contributed by atoms with E-state index in [2.05, 4.69) is 20.6 Å². The molecule has 0 unspecified atom stereocenters. The summed E-state index contributed by atoms with van der Waals surface area (Å²) in [7, 11) is 0. The van der Waals surface area contributed by atoms with Crippen LogP contribution in [-0.2, 0) is 4.74 Å². The van der Waals surface area contributed by atoms with E-state index < -0.39 is 11.9 Å². The Morgan fingerprint density at radius 3 is 2.57 bits per heavy atom. The molecule has 0 spiro atoms. The van der Waals surface area contributed by atoms with E-state index in [4.69, 9.17) is 16.3 Å². The van der Waals surface area contributed by atoms with Gasteiger partial charge in [0.2, 0.25) is 5.95 Å². The van der Waals surface area contributed by atoms with Crippen molar-refractivity contribution < 1.29 is 14.3 Å². The molecule has 0 saturated carbocycles. The fraction of sp³-hybridized carbons (Fsp3) is 0.100. The average Bonchev–Trinajstić information content (AvgIpc) is 2.70. The number of anilines is 3. The fourth-order valence-corrected chi connectivity index (χ4v) is 2.50. The van der Waals surface area contributed by atoms with Crippen molar-refractivity contribution in [2.24, 2.45) is 0 Å². The van der Waals surface area contributed by atoms with Gasteiger partial charge in [0.05, 0.1) is 17.9 Å². The third kappa shape index (κ3) is 4.83. The first-order chi connectivity index (χ1) is 13.6. The predicted octanol–water partition coefficient (Wildman–Crippen LogP) is 4.30. The highest BCUT2D eigenvalue weighted by Crippen LogP contribution is 2.20. The maximum absolute atomic E-state index is 12.4. The number of amides is 1. The number of aromatic nitrogens is 2. The number of hydrogen-bond acceptors (Lipinski definition) is 6. The molecule has 0 aliphatic carbocycles. The van der Waals surface area contributed by atoms with Gasteiger partial charge in [-0.15, -0.1) is 0 Å². The van der Waals surface area contributed by atoms with Crippen molar-refractivity contribution in [1.29, 1.82) is 0 Å². The third-order valence-electron chi connectivity index (χ3n) is 3.66. The van der Waals surface area contributed by atoms with Crippen LogP contribution in [0.25, 0.3) is 0 Å². The smallest absolute Gasteiger partial charge is 0.340 e. The van der Waals surface area contributed by atoms with Crippen LogP contribution in [0, 0.1) is 0 Å². The van der Waals surface area contributed by atoms with Crippen molar-refractivity contribution >= 4 is 40.8 Å². The van der Waals surface area contributed by atoms with Gasteiger partial charge in [-0.25, -0.2) is 14.8 Å². The molecule has 7 nitrogen and oxygen atoms in total. The average molecular weight is 397 g/mol. The van der Waals surface area contributed by atoms with Gasteiger partial charge >= 0.3 is 5.97 Å². The number of para-hydroxylation sites is 1. The van der Waals surface area contributed by atoms with Gasteiger partial charge in [-0.2, -0.15) is 0 Å². The van der Waals surface area contributed by atoms with Crippen LogP contribution >= 0.6 is 11.6 Å². The molecular formula is C20H17ClN4O3. The summed E-state index contributed by atoms with van der Waals surface area (Å²) in [5.74, 6) is -0.672. The Bertz CT molecular complexity index is 993. The van der Waals surface area contributed by atoms with Gasteiger partial charge in [0.15, 0.2) is 0 Å². The van der Waals surface area contributed by atoms with Crippen LogP contribution in [0.1, 0.15) is 27.8 Å². The monoisotopic (exact) mass is 396 g/mol. The summed E-state index contributed by atoms with van der Waals surface area (Å²) >= 11 is 5.84. The van der Waals surface area contributed by atoms with Crippen LogP contribution in [0.4, 0.5) is 17.3 Å². The molecule has 142 valence electrons. The van der Waals surface area contributed by atoms with Crippen molar-refractivity contribution in [3.8, 4) is 0 Å². The second-order valence-corrected chi connectivity index (χ2v) is 6.05. The number of nitrogens with zero attached hydrogens (tertiary/aromatic N) is 2. The van der Waals surface area contributed by atoms with Gasteiger partial charge in [-0.05, 0) is 49.4 Å². The number of halogens is 1. The number of rotatable bonds is 6. The normalized spacial score (nSPS) is 10.2. The second-order valence-electron chi connectivity index (χ2n) is 5.62. The number of benzene rings is 2. The van der Waals surface area contributed by atoms with Crippen molar-refractivity contribution in [1.82, 2.24) is 9.97 Å². The van der Waals surface area contributed by atoms with Crippen molar-refractivity contribution in [3.05, 3.63) is 77.1 Å². The van der Waals surface area contributed by atoms with Crippen molar-refractivity contribution in [2.45, 2.75) is 6.92 Å². The second kappa shape index (κ2) is 8.96. The molecular weight excluding hydrogens is 380 g/mol.